The van der Waals surface area contributed by atoms with Gasteiger partial charge in [0.1, 0.15) is 5.60 Å². The van der Waals surface area contributed by atoms with Gasteiger partial charge in [-0.2, -0.15) is 0 Å². The Bertz CT molecular complexity index is 683. The molecule has 0 amide bonds. The van der Waals surface area contributed by atoms with Crippen molar-refractivity contribution in [1.82, 2.24) is 0 Å². The second-order valence-electron chi connectivity index (χ2n) is 11.3. The predicted molar refractivity (Wildman–Crippen MR) is 121 cm³/mol. The maximum Gasteiger partial charge on any atom is 0.347 e. The minimum absolute atomic E-state index is 0.0185. The highest BCUT2D eigenvalue weighted by Crippen LogP contribution is 2.59. The molecule has 6 nitrogen and oxygen atoms in total. The van der Waals surface area contributed by atoms with Crippen molar-refractivity contribution in [2.75, 3.05) is 6.61 Å². The van der Waals surface area contributed by atoms with Gasteiger partial charge >= 0.3 is 17.9 Å². The SMILES string of the molecule is CCC(C)(C)C(=O)OC1(C)C2CC3CC(C2)CC1C3.CCC(C)C(=O)OC1CCOC1=O. The Morgan fingerprint density at radius 2 is 1.66 bits per heavy atom. The van der Waals surface area contributed by atoms with Crippen molar-refractivity contribution in [3.05, 3.63) is 0 Å². The molecule has 0 aromatic rings. The van der Waals surface area contributed by atoms with Crippen molar-refractivity contribution in [1.29, 1.82) is 0 Å². The summed E-state index contributed by atoms with van der Waals surface area (Å²) in [5, 5.41) is 0. The summed E-state index contributed by atoms with van der Waals surface area (Å²) in [6, 6.07) is 0. The summed E-state index contributed by atoms with van der Waals surface area (Å²) in [5.74, 6) is 2.24. The number of carbonyl (C=O) groups is 3. The number of carbonyl (C=O) groups excluding carboxylic acids is 3. The van der Waals surface area contributed by atoms with E-state index in [1.54, 1.807) is 6.92 Å². The van der Waals surface area contributed by atoms with Crippen LogP contribution >= 0.6 is 0 Å². The van der Waals surface area contributed by atoms with Gasteiger partial charge in [0.25, 0.3) is 0 Å². The molecule has 5 fully saturated rings. The zero-order valence-electron chi connectivity index (χ0n) is 20.8. The van der Waals surface area contributed by atoms with E-state index in [0.29, 0.717) is 24.9 Å². The van der Waals surface area contributed by atoms with Gasteiger partial charge in [-0.15, -0.1) is 0 Å². The Labute approximate surface area is 193 Å². The minimum Gasteiger partial charge on any atom is -0.463 e. The molecule has 1 aliphatic heterocycles. The van der Waals surface area contributed by atoms with E-state index in [1.807, 2.05) is 20.8 Å². The lowest BCUT2D eigenvalue weighted by Gasteiger charge is -2.59. The first-order valence-electron chi connectivity index (χ1n) is 12.6. The predicted octanol–water partition coefficient (Wildman–Crippen LogP) is 5.07. The maximum absolute atomic E-state index is 12.5. The van der Waals surface area contributed by atoms with Gasteiger partial charge in [-0.1, -0.05) is 20.8 Å². The van der Waals surface area contributed by atoms with Crippen LogP contribution in [0.5, 0.6) is 0 Å². The molecule has 1 saturated heterocycles. The smallest absolute Gasteiger partial charge is 0.347 e. The number of hydrogen-bond acceptors (Lipinski definition) is 6. The molecule has 4 aliphatic carbocycles. The summed E-state index contributed by atoms with van der Waals surface area (Å²) in [5.41, 5.74) is -0.505. The second kappa shape index (κ2) is 9.72. The molecule has 2 atom stereocenters. The molecule has 0 radical (unpaired) electrons. The Kier molecular flexibility index (Phi) is 7.61. The summed E-state index contributed by atoms with van der Waals surface area (Å²) in [6.07, 6.45) is 8.02. The Hall–Kier alpha value is -1.59. The molecular formula is C26H42O6. The zero-order chi connectivity index (χ0) is 23.7. The first kappa shape index (κ1) is 25.0. The molecule has 6 heteroatoms. The van der Waals surface area contributed by atoms with Crippen LogP contribution < -0.4 is 0 Å². The van der Waals surface area contributed by atoms with Crippen LogP contribution in [0.2, 0.25) is 0 Å². The van der Waals surface area contributed by atoms with Crippen LogP contribution in [0.25, 0.3) is 0 Å². The first-order valence-corrected chi connectivity index (χ1v) is 12.6. The molecule has 5 rings (SSSR count). The van der Waals surface area contributed by atoms with Gasteiger partial charge in [0.2, 0.25) is 6.10 Å². The highest BCUT2D eigenvalue weighted by atomic mass is 16.6. The molecule has 0 aromatic heterocycles. The Morgan fingerprint density at radius 3 is 2.09 bits per heavy atom. The van der Waals surface area contributed by atoms with E-state index < -0.39 is 12.1 Å². The molecule has 0 spiro atoms. The average Bonchev–Trinajstić information content (AvgIpc) is 3.15. The van der Waals surface area contributed by atoms with Crippen LogP contribution in [0.4, 0.5) is 0 Å². The average molecular weight is 451 g/mol. The molecule has 1 heterocycles. The fourth-order valence-corrected chi connectivity index (χ4v) is 5.78. The third kappa shape index (κ3) is 5.14. The van der Waals surface area contributed by atoms with Crippen LogP contribution in [0.15, 0.2) is 0 Å². The van der Waals surface area contributed by atoms with Crippen molar-refractivity contribution in [3.8, 4) is 0 Å². The van der Waals surface area contributed by atoms with Crippen LogP contribution in [-0.4, -0.2) is 36.2 Å². The van der Waals surface area contributed by atoms with Gasteiger partial charge in [0.15, 0.2) is 0 Å². The molecule has 2 unspecified atom stereocenters. The highest BCUT2D eigenvalue weighted by Gasteiger charge is 2.57. The quantitative estimate of drug-likeness (QED) is 0.415. The van der Waals surface area contributed by atoms with Gasteiger partial charge in [-0.25, -0.2) is 4.79 Å². The van der Waals surface area contributed by atoms with Gasteiger partial charge in [-0.05, 0) is 89.4 Å². The molecule has 182 valence electrons. The topological polar surface area (TPSA) is 78.9 Å². The van der Waals surface area contributed by atoms with E-state index in [9.17, 15) is 14.4 Å². The molecule has 4 bridgehead atoms. The zero-order valence-corrected chi connectivity index (χ0v) is 20.8. The lowest BCUT2D eigenvalue weighted by molar-refractivity contribution is -0.211. The van der Waals surface area contributed by atoms with E-state index in [2.05, 4.69) is 18.6 Å². The molecule has 0 N–H and O–H groups in total. The van der Waals surface area contributed by atoms with E-state index in [1.165, 1.54) is 32.1 Å². The van der Waals surface area contributed by atoms with Gasteiger partial charge in [0.05, 0.1) is 17.9 Å². The maximum atomic E-state index is 12.5. The van der Waals surface area contributed by atoms with Gasteiger partial charge in [0, 0.05) is 6.42 Å². The highest BCUT2D eigenvalue weighted by molar-refractivity contribution is 5.81. The summed E-state index contributed by atoms with van der Waals surface area (Å²) in [4.78, 5) is 34.6. The largest absolute Gasteiger partial charge is 0.463 e. The standard InChI is InChI=1S/C17H28O2.C9H14O4/c1-5-16(2,3)15(18)19-17(4)13-7-11-6-12(9-13)10-14(17)8-11;1-3-6(2)8(10)13-7-4-5-12-9(7)11/h11-14H,5-10H2,1-4H3;6-7H,3-5H2,1-2H3. The van der Waals surface area contributed by atoms with Crippen LogP contribution in [0, 0.1) is 35.0 Å². The van der Waals surface area contributed by atoms with E-state index in [4.69, 9.17) is 9.47 Å². The Balaban J connectivity index is 0.000000195. The van der Waals surface area contributed by atoms with Crippen LogP contribution in [0.1, 0.15) is 92.9 Å². The Morgan fingerprint density at radius 1 is 1.09 bits per heavy atom. The van der Waals surface area contributed by atoms with E-state index in [-0.39, 0.29) is 28.9 Å². The number of esters is 3. The number of ether oxygens (including phenoxy) is 3. The third-order valence-corrected chi connectivity index (χ3v) is 8.67. The second-order valence-corrected chi connectivity index (χ2v) is 11.3. The summed E-state index contributed by atoms with van der Waals surface area (Å²) >= 11 is 0. The number of cyclic esters (lactones) is 1. The van der Waals surface area contributed by atoms with Gasteiger partial charge in [-0.3, -0.25) is 9.59 Å². The number of rotatable bonds is 6. The number of hydrogen-bond donors (Lipinski definition) is 0. The molecule has 32 heavy (non-hydrogen) atoms. The van der Waals surface area contributed by atoms with Crippen LogP contribution in [-0.2, 0) is 28.6 Å². The van der Waals surface area contributed by atoms with E-state index in [0.717, 1.165) is 24.7 Å². The van der Waals surface area contributed by atoms with E-state index >= 15 is 0 Å². The normalized spacial score (nSPS) is 36.1. The fourth-order valence-electron chi connectivity index (χ4n) is 5.78. The summed E-state index contributed by atoms with van der Waals surface area (Å²) in [7, 11) is 0. The third-order valence-electron chi connectivity index (χ3n) is 8.67. The monoisotopic (exact) mass is 450 g/mol. The van der Waals surface area contributed by atoms with Crippen molar-refractivity contribution in [3.63, 3.8) is 0 Å². The van der Waals surface area contributed by atoms with Crippen molar-refractivity contribution in [2.45, 2.75) is 105 Å². The first-order chi connectivity index (χ1) is 15.0. The van der Waals surface area contributed by atoms with Crippen LogP contribution in [0.3, 0.4) is 0 Å². The van der Waals surface area contributed by atoms with Crippen molar-refractivity contribution >= 4 is 17.9 Å². The lowest BCUT2D eigenvalue weighted by atomic mass is 9.50. The molecule has 5 aliphatic rings. The molecular weight excluding hydrogens is 408 g/mol. The summed E-state index contributed by atoms with van der Waals surface area (Å²) in [6.45, 7) is 12.4. The molecule has 4 saturated carbocycles. The molecule has 0 aromatic carbocycles. The lowest BCUT2D eigenvalue weighted by Crippen LogP contribution is -2.58. The van der Waals surface area contributed by atoms with Gasteiger partial charge < -0.3 is 14.2 Å². The minimum atomic E-state index is -0.665. The van der Waals surface area contributed by atoms with Crippen molar-refractivity contribution < 1.29 is 28.6 Å². The fraction of sp³-hybridized carbons (Fsp3) is 0.885. The summed E-state index contributed by atoms with van der Waals surface area (Å²) < 4.78 is 15.8. The van der Waals surface area contributed by atoms with Crippen molar-refractivity contribution in [2.24, 2.45) is 35.0 Å².